The smallest absolute Gasteiger partial charge is 0.264 e. The summed E-state index contributed by atoms with van der Waals surface area (Å²) in [5, 5.41) is 0. The largest absolute Gasteiger partial charge is 0.481 e. The molecule has 0 aliphatic rings. The molecule has 3 aromatic rings. The fraction of sp³-hybridized carbons (Fsp3) is 0.259. The molecule has 0 spiro atoms. The van der Waals surface area contributed by atoms with Crippen LogP contribution in [0.1, 0.15) is 48.9 Å². The van der Waals surface area contributed by atoms with Crippen molar-refractivity contribution in [2.24, 2.45) is 0 Å². The molecule has 1 heterocycles. The van der Waals surface area contributed by atoms with E-state index in [0.29, 0.717) is 33.7 Å². The Balaban J connectivity index is 2.00. The quantitative estimate of drug-likeness (QED) is 0.451. The number of halogens is 1. The number of rotatable bonds is 8. The van der Waals surface area contributed by atoms with Crippen molar-refractivity contribution in [3.63, 3.8) is 0 Å². The Morgan fingerprint density at radius 1 is 1.17 bits per heavy atom. The minimum Gasteiger partial charge on any atom is -0.481 e. The van der Waals surface area contributed by atoms with E-state index in [2.05, 4.69) is 16.3 Å². The van der Waals surface area contributed by atoms with Gasteiger partial charge in [-0.25, -0.2) is 22.5 Å². The van der Waals surface area contributed by atoms with Crippen molar-refractivity contribution in [3.8, 4) is 17.0 Å². The Bertz CT molecular complexity index is 1400. The molecule has 8 heteroatoms. The van der Waals surface area contributed by atoms with Crippen molar-refractivity contribution < 1.29 is 22.3 Å². The minimum absolute atomic E-state index is 0.0122. The fourth-order valence-corrected chi connectivity index (χ4v) is 5.15. The first-order valence-electron chi connectivity index (χ1n) is 11.1. The predicted molar refractivity (Wildman–Crippen MR) is 135 cm³/mol. The van der Waals surface area contributed by atoms with Gasteiger partial charge < -0.3 is 4.74 Å². The van der Waals surface area contributed by atoms with Crippen LogP contribution in [0.15, 0.2) is 60.1 Å². The van der Waals surface area contributed by atoms with Crippen molar-refractivity contribution in [2.45, 2.75) is 44.9 Å². The molecule has 0 aliphatic carbocycles. The second kappa shape index (κ2) is 10.4. The lowest BCUT2D eigenvalue weighted by atomic mass is 9.88. The maximum Gasteiger partial charge on any atom is 0.264 e. The summed E-state index contributed by atoms with van der Waals surface area (Å²) in [6, 6.07) is 10.9. The standard InChI is InChI=1S/C27H29FN2O4S/c1-16(2)19-7-8-25(18(5)11-19)35(32,33)30-26(31)15-24-22(17(3)4)13-21(28)14-23(24)20-9-10-29-27(12-20)34-6/h7-14,17H,1,15H2,2-6H3,(H,30,31). The SMILES string of the molecule is C=C(C)c1ccc(S(=O)(=O)NC(=O)Cc2c(-c3ccnc(OC)c3)cc(F)cc2C(C)C)c(C)c1. The third-order valence-electron chi connectivity index (χ3n) is 5.67. The maximum absolute atomic E-state index is 14.6. The zero-order valence-electron chi connectivity index (χ0n) is 20.5. The van der Waals surface area contributed by atoms with Crippen LogP contribution in [0.2, 0.25) is 0 Å². The fourth-order valence-electron chi connectivity index (χ4n) is 3.93. The number of carbonyl (C=O) groups excluding carboxylic acids is 1. The molecule has 0 fully saturated rings. The molecule has 0 bridgehead atoms. The number of nitrogens with zero attached hydrogens (tertiary/aromatic N) is 1. The van der Waals surface area contributed by atoms with Gasteiger partial charge in [-0.05, 0) is 77.4 Å². The molecule has 0 radical (unpaired) electrons. The number of hydrogen-bond acceptors (Lipinski definition) is 5. The molecule has 0 saturated carbocycles. The van der Waals surface area contributed by atoms with Crippen LogP contribution in [0, 0.1) is 12.7 Å². The number of aromatic nitrogens is 1. The first kappa shape index (κ1) is 26.1. The van der Waals surface area contributed by atoms with Gasteiger partial charge in [0.2, 0.25) is 11.8 Å². The second-order valence-corrected chi connectivity index (χ2v) is 10.4. The van der Waals surface area contributed by atoms with Gasteiger partial charge in [-0.15, -0.1) is 0 Å². The zero-order valence-corrected chi connectivity index (χ0v) is 21.3. The number of nitrogens with one attached hydrogen (secondary N) is 1. The van der Waals surface area contributed by atoms with Crippen molar-refractivity contribution >= 4 is 21.5 Å². The topological polar surface area (TPSA) is 85.4 Å². The van der Waals surface area contributed by atoms with Crippen LogP contribution in [0.4, 0.5) is 4.39 Å². The van der Waals surface area contributed by atoms with E-state index in [-0.39, 0.29) is 17.2 Å². The first-order valence-corrected chi connectivity index (χ1v) is 12.6. The zero-order chi connectivity index (χ0) is 25.9. The van der Waals surface area contributed by atoms with Crippen LogP contribution in [-0.2, 0) is 21.2 Å². The van der Waals surface area contributed by atoms with Gasteiger partial charge in [0.15, 0.2) is 0 Å². The summed E-state index contributed by atoms with van der Waals surface area (Å²) in [5.41, 5.74) is 4.36. The lowest BCUT2D eigenvalue weighted by Crippen LogP contribution is -2.32. The summed E-state index contributed by atoms with van der Waals surface area (Å²) in [5.74, 6) is -0.942. The van der Waals surface area contributed by atoms with Crippen LogP contribution in [0.5, 0.6) is 5.88 Å². The molecule has 0 unspecified atom stereocenters. The molecule has 0 atom stereocenters. The summed E-state index contributed by atoms with van der Waals surface area (Å²) in [4.78, 5) is 17.1. The number of hydrogen-bond donors (Lipinski definition) is 1. The lowest BCUT2D eigenvalue weighted by molar-refractivity contribution is -0.118. The second-order valence-electron chi connectivity index (χ2n) is 8.73. The molecule has 0 saturated heterocycles. The third kappa shape index (κ3) is 5.95. The van der Waals surface area contributed by atoms with Gasteiger partial charge in [-0.2, -0.15) is 0 Å². The van der Waals surface area contributed by atoms with Crippen LogP contribution < -0.4 is 9.46 Å². The Labute approximate surface area is 205 Å². The van der Waals surface area contributed by atoms with E-state index in [1.54, 1.807) is 31.2 Å². The average Bonchev–Trinajstić information content (AvgIpc) is 2.79. The molecule has 1 N–H and O–H groups in total. The Kier molecular flexibility index (Phi) is 7.75. The molecular weight excluding hydrogens is 467 g/mol. The van der Waals surface area contributed by atoms with Crippen LogP contribution in [-0.4, -0.2) is 26.4 Å². The number of ether oxygens (including phenoxy) is 1. The van der Waals surface area contributed by atoms with Crippen molar-refractivity contribution in [2.75, 3.05) is 7.11 Å². The summed E-state index contributed by atoms with van der Waals surface area (Å²) < 4.78 is 47.9. The molecular formula is C27H29FN2O4S. The van der Waals surface area contributed by atoms with E-state index in [1.807, 2.05) is 20.8 Å². The Hall–Kier alpha value is -3.52. The van der Waals surface area contributed by atoms with Crippen LogP contribution in [0.3, 0.4) is 0 Å². The highest BCUT2D eigenvalue weighted by atomic mass is 32.2. The molecule has 3 rings (SSSR count). The van der Waals surface area contributed by atoms with Crippen molar-refractivity contribution in [3.05, 3.63) is 83.3 Å². The number of amides is 1. The number of pyridine rings is 1. The molecule has 1 amide bonds. The third-order valence-corrected chi connectivity index (χ3v) is 7.20. The number of carbonyl (C=O) groups is 1. The normalized spacial score (nSPS) is 11.4. The Morgan fingerprint density at radius 2 is 1.89 bits per heavy atom. The van der Waals surface area contributed by atoms with Crippen molar-refractivity contribution in [1.82, 2.24) is 9.71 Å². The highest BCUT2D eigenvalue weighted by Crippen LogP contribution is 2.33. The number of sulfonamides is 1. The van der Waals surface area contributed by atoms with Gasteiger partial charge in [0.1, 0.15) is 5.82 Å². The number of allylic oxidation sites excluding steroid dienone is 1. The van der Waals surface area contributed by atoms with E-state index < -0.39 is 21.7 Å². The summed E-state index contributed by atoms with van der Waals surface area (Å²) in [7, 11) is -2.64. The summed E-state index contributed by atoms with van der Waals surface area (Å²) >= 11 is 0. The molecule has 184 valence electrons. The van der Waals surface area contributed by atoms with Gasteiger partial charge in [0, 0.05) is 12.3 Å². The Morgan fingerprint density at radius 3 is 2.49 bits per heavy atom. The summed E-state index contributed by atoms with van der Waals surface area (Å²) in [6.07, 6.45) is 1.27. The highest BCUT2D eigenvalue weighted by molar-refractivity contribution is 7.90. The van der Waals surface area contributed by atoms with E-state index >= 15 is 0 Å². The molecule has 0 aliphatic heterocycles. The predicted octanol–water partition coefficient (Wildman–Crippen LogP) is 5.41. The van der Waals surface area contributed by atoms with E-state index in [1.165, 1.54) is 31.5 Å². The molecule has 6 nitrogen and oxygen atoms in total. The van der Waals surface area contributed by atoms with Gasteiger partial charge in [-0.3, -0.25) is 4.79 Å². The summed E-state index contributed by atoms with van der Waals surface area (Å²) in [6.45, 7) is 11.1. The molecule has 35 heavy (non-hydrogen) atoms. The minimum atomic E-state index is -4.12. The van der Waals surface area contributed by atoms with Crippen LogP contribution in [0.25, 0.3) is 16.7 Å². The van der Waals surface area contributed by atoms with Crippen molar-refractivity contribution in [1.29, 1.82) is 0 Å². The lowest BCUT2D eigenvalue weighted by Gasteiger charge is -2.18. The van der Waals surface area contributed by atoms with Gasteiger partial charge in [0.25, 0.3) is 10.0 Å². The van der Waals surface area contributed by atoms with Gasteiger partial charge in [-0.1, -0.05) is 38.1 Å². The van der Waals surface area contributed by atoms with Gasteiger partial charge in [0.05, 0.1) is 18.4 Å². The number of aryl methyl sites for hydroxylation is 1. The number of methoxy groups -OCH3 is 1. The first-order chi connectivity index (χ1) is 16.4. The monoisotopic (exact) mass is 496 g/mol. The average molecular weight is 497 g/mol. The van der Waals surface area contributed by atoms with Gasteiger partial charge >= 0.3 is 0 Å². The number of benzene rings is 2. The highest BCUT2D eigenvalue weighted by Gasteiger charge is 2.23. The molecule has 1 aromatic heterocycles. The van der Waals surface area contributed by atoms with E-state index in [4.69, 9.17) is 4.74 Å². The molecule has 2 aromatic carbocycles. The maximum atomic E-state index is 14.6. The van der Waals surface area contributed by atoms with E-state index in [9.17, 15) is 17.6 Å². The van der Waals surface area contributed by atoms with Crippen LogP contribution >= 0.6 is 0 Å². The van der Waals surface area contributed by atoms with E-state index in [0.717, 1.165) is 11.1 Å².